The third kappa shape index (κ3) is 2.80. The summed E-state index contributed by atoms with van der Waals surface area (Å²) in [6.07, 6.45) is 1.60. The zero-order valence-electron chi connectivity index (χ0n) is 10.8. The maximum atomic E-state index is 5.81. The van der Waals surface area contributed by atoms with Gasteiger partial charge < -0.3 is 4.74 Å². The summed E-state index contributed by atoms with van der Waals surface area (Å²) in [4.78, 5) is 0. The quantitative estimate of drug-likeness (QED) is 0.725. The highest BCUT2D eigenvalue weighted by atomic mass is 16.5. The van der Waals surface area contributed by atoms with Gasteiger partial charge in [-0.15, -0.1) is 10.2 Å². The third-order valence-corrected chi connectivity index (χ3v) is 2.89. The number of nitrogens with zero attached hydrogens (tertiary/aromatic N) is 3. The number of ether oxygens (including phenoxy) is 1. The van der Waals surface area contributed by atoms with Crippen LogP contribution in [0.3, 0.4) is 0 Å². The van der Waals surface area contributed by atoms with Crippen LogP contribution in [0, 0.1) is 0 Å². The van der Waals surface area contributed by atoms with Crippen LogP contribution in [0.25, 0.3) is 11.3 Å². The molecule has 0 atom stereocenters. The molecular weight excluding hydrogens is 250 g/mol. The molecule has 1 aromatic heterocycles. The van der Waals surface area contributed by atoms with Crippen molar-refractivity contribution in [2.45, 2.75) is 6.61 Å². The van der Waals surface area contributed by atoms with Crippen LogP contribution in [-0.2, 0) is 6.61 Å². The summed E-state index contributed by atoms with van der Waals surface area (Å²) in [5, 5.41) is 11.6. The van der Waals surface area contributed by atoms with Gasteiger partial charge in [0.25, 0.3) is 0 Å². The van der Waals surface area contributed by atoms with Crippen molar-refractivity contribution in [3.8, 4) is 17.0 Å². The molecule has 0 N–H and O–H groups in total. The van der Waals surface area contributed by atoms with Crippen molar-refractivity contribution in [3.05, 3.63) is 72.4 Å². The van der Waals surface area contributed by atoms with Gasteiger partial charge >= 0.3 is 0 Å². The smallest absolute Gasteiger partial charge is 0.168 e. The number of rotatable bonds is 4. The van der Waals surface area contributed by atoms with Crippen LogP contribution in [0.1, 0.15) is 5.56 Å². The predicted molar refractivity (Wildman–Crippen MR) is 76.0 cm³/mol. The summed E-state index contributed by atoms with van der Waals surface area (Å²) >= 11 is 0. The summed E-state index contributed by atoms with van der Waals surface area (Å²) in [5.74, 6) is 0.634. The number of aromatic nitrogens is 3. The van der Waals surface area contributed by atoms with E-state index in [0.717, 1.165) is 11.1 Å². The van der Waals surface area contributed by atoms with Gasteiger partial charge in [0.1, 0.15) is 12.3 Å². The lowest BCUT2D eigenvalue weighted by Crippen LogP contribution is -2.00. The van der Waals surface area contributed by atoms with Gasteiger partial charge in [-0.2, -0.15) is 0 Å². The molecule has 3 aromatic rings. The van der Waals surface area contributed by atoms with Crippen molar-refractivity contribution in [3.63, 3.8) is 0 Å². The Labute approximate surface area is 117 Å². The maximum Gasteiger partial charge on any atom is 0.168 e. The third-order valence-electron chi connectivity index (χ3n) is 2.89. The van der Waals surface area contributed by atoms with Crippen LogP contribution in [0.5, 0.6) is 5.75 Å². The topological polar surface area (TPSA) is 47.9 Å². The lowest BCUT2D eigenvalue weighted by atomic mass is 10.1. The molecule has 0 fully saturated rings. The zero-order chi connectivity index (χ0) is 13.6. The molecule has 0 radical (unpaired) electrons. The Morgan fingerprint density at radius 3 is 2.30 bits per heavy atom. The summed E-state index contributed by atoms with van der Waals surface area (Å²) in [7, 11) is 0. The van der Waals surface area contributed by atoms with Crippen molar-refractivity contribution < 1.29 is 4.74 Å². The first kappa shape index (κ1) is 12.3. The van der Waals surface area contributed by atoms with E-state index >= 15 is 0 Å². The van der Waals surface area contributed by atoms with Gasteiger partial charge in [0.05, 0.1) is 6.20 Å². The Hall–Kier alpha value is -2.75. The van der Waals surface area contributed by atoms with Crippen LogP contribution in [0.2, 0.25) is 0 Å². The van der Waals surface area contributed by atoms with Crippen LogP contribution in [0.15, 0.2) is 66.9 Å². The molecule has 0 bridgehead atoms. The van der Waals surface area contributed by atoms with E-state index in [0.29, 0.717) is 18.1 Å². The molecule has 2 aromatic carbocycles. The normalized spacial score (nSPS) is 10.2. The van der Waals surface area contributed by atoms with E-state index in [1.165, 1.54) is 0 Å². The van der Waals surface area contributed by atoms with Crippen molar-refractivity contribution in [1.29, 1.82) is 0 Å². The molecule has 4 heteroatoms. The average Bonchev–Trinajstić information content (AvgIpc) is 2.55. The Balaban J connectivity index is 1.84. The molecule has 3 rings (SSSR count). The van der Waals surface area contributed by atoms with E-state index in [1.807, 2.05) is 60.7 Å². The Kier molecular flexibility index (Phi) is 3.64. The summed E-state index contributed by atoms with van der Waals surface area (Å²) in [5.41, 5.74) is 2.77. The van der Waals surface area contributed by atoms with Crippen LogP contribution in [-0.4, -0.2) is 15.4 Å². The van der Waals surface area contributed by atoms with E-state index in [-0.39, 0.29) is 0 Å². The molecule has 0 saturated heterocycles. The minimum absolute atomic E-state index is 0.480. The monoisotopic (exact) mass is 263 g/mol. The molecule has 0 aliphatic rings. The van der Waals surface area contributed by atoms with Gasteiger partial charge in [-0.1, -0.05) is 60.7 Å². The van der Waals surface area contributed by atoms with E-state index in [4.69, 9.17) is 4.74 Å². The fourth-order valence-electron chi connectivity index (χ4n) is 1.90. The van der Waals surface area contributed by atoms with E-state index < -0.39 is 0 Å². The first-order chi connectivity index (χ1) is 9.93. The second-order valence-corrected chi connectivity index (χ2v) is 4.29. The standard InChI is InChI=1S/C16H13N3O/c1-3-7-13(8-4-1)12-20-15-11-17-19-18-16(15)14-9-5-2-6-10-14/h1-11H,12H2. The van der Waals surface area contributed by atoms with E-state index in [2.05, 4.69) is 15.4 Å². The first-order valence-electron chi connectivity index (χ1n) is 6.34. The van der Waals surface area contributed by atoms with Gasteiger partial charge in [0.2, 0.25) is 0 Å². The first-order valence-corrected chi connectivity index (χ1v) is 6.34. The molecule has 0 spiro atoms. The van der Waals surface area contributed by atoms with Crippen LogP contribution in [0.4, 0.5) is 0 Å². The summed E-state index contributed by atoms with van der Waals surface area (Å²) in [6.45, 7) is 0.480. The second-order valence-electron chi connectivity index (χ2n) is 4.29. The minimum Gasteiger partial charge on any atom is -0.485 e. The Morgan fingerprint density at radius 1 is 0.850 bits per heavy atom. The van der Waals surface area contributed by atoms with Crippen molar-refractivity contribution in [2.24, 2.45) is 0 Å². The molecule has 0 unspecified atom stereocenters. The van der Waals surface area contributed by atoms with Gasteiger partial charge in [-0.05, 0) is 10.8 Å². The predicted octanol–water partition coefficient (Wildman–Crippen LogP) is 3.12. The van der Waals surface area contributed by atoms with Gasteiger partial charge in [-0.3, -0.25) is 0 Å². The molecule has 0 amide bonds. The van der Waals surface area contributed by atoms with Gasteiger partial charge in [0, 0.05) is 5.56 Å². The SMILES string of the molecule is c1ccc(COc2cnnnc2-c2ccccc2)cc1. The van der Waals surface area contributed by atoms with Gasteiger partial charge in [0.15, 0.2) is 5.75 Å². The average molecular weight is 263 g/mol. The highest BCUT2D eigenvalue weighted by molar-refractivity contribution is 5.64. The van der Waals surface area contributed by atoms with Crippen LogP contribution >= 0.6 is 0 Å². The fourth-order valence-corrected chi connectivity index (χ4v) is 1.90. The highest BCUT2D eigenvalue weighted by Gasteiger charge is 2.08. The van der Waals surface area contributed by atoms with Crippen molar-refractivity contribution in [1.82, 2.24) is 15.4 Å². The maximum absolute atomic E-state index is 5.81. The lowest BCUT2D eigenvalue weighted by Gasteiger charge is -2.09. The largest absolute Gasteiger partial charge is 0.485 e. The van der Waals surface area contributed by atoms with E-state index in [9.17, 15) is 0 Å². The highest BCUT2D eigenvalue weighted by Crippen LogP contribution is 2.26. The second kappa shape index (κ2) is 5.93. The van der Waals surface area contributed by atoms with Crippen molar-refractivity contribution >= 4 is 0 Å². The molecule has 4 nitrogen and oxygen atoms in total. The summed E-state index contributed by atoms with van der Waals surface area (Å²) < 4.78 is 5.81. The van der Waals surface area contributed by atoms with E-state index in [1.54, 1.807) is 6.20 Å². The van der Waals surface area contributed by atoms with Crippen molar-refractivity contribution in [2.75, 3.05) is 0 Å². The number of hydrogen-bond donors (Lipinski definition) is 0. The fraction of sp³-hybridized carbons (Fsp3) is 0.0625. The van der Waals surface area contributed by atoms with Crippen LogP contribution < -0.4 is 4.74 Å². The zero-order valence-corrected chi connectivity index (χ0v) is 10.8. The minimum atomic E-state index is 0.480. The molecular formula is C16H13N3O. The molecule has 98 valence electrons. The molecule has 0 saturated carbocycles. The number of hydrogen-bond acceptors (Lipinski definition) is 4. The molecule has 0 aliphatic carbocycles. The number of benzene rings is 2. The molecule has 0 aliphatic heterocycles. The van der Waals surface area contributed by atoms with Gasteiger partial charge in [-0.25, -0.2) is 0 Å². The Morgan fingerprint density at radius 2 is 1.55 bits per heavy atom. The molecule has 1 heterocycles. The Bertz CT molecular complexity index is 672. The molecule has 20 heavy (non-hydrogen) atoms. The summed E-state index contributed by atoms with van der Waals surface area (Å²) in [6, 6.07) is 19.8. The lowest BCUT2D eigenvalue weighted by molar-refractivity contribution is 0.303.